The van der Waals surface area contributed by atoms with E-state index in [-0.39, 0.29) is 38.6 Å². The van der Waals surface area contributed by atoms with Gasteiger partial charge in [-0.1, -0.05) is 123 Å². The van der Waals surface area contributed by atoms with Crippen molar-refractivity contribution in [2.24, 2.45) is 4.99 Å². The second kappa shape index (κ2) is 13.0. The molecule has 1 aromatic heterocycles. The van der Waals surface area contributed by atoms with Crippen LogP contribution in [0, 0.1) is 26.0 Å². The molecular formula is C45H37N3O2Pt. The van der Waals surface area contributed by atoms with E-state index in [1.54, 1.807) is 0 Å². The van der Waals surface area contributed by atoms with Crippen LogP contribution in [-0.2, 0) is 37.6 Å². The van der Waals surface area contributed by atoms with E-state index in [2.05, 4.69) is 118 Å². The number of benzene rings is 5. The van der Waals surface area contributed by atoms with Gasteiger partial charge >= 0.3 is 21.1 Å². The van der Waals surface area contributed by atoms with E-state index >= 15 is 0 Å². The van der Waals surface area contributed by atoms with Crippen LogP contribution in [0.15, 0.2) is 120 Å². The largest absolute Gasteiger partial charge is 2.00 e. The first-order chi connectivity index (χ1) is 24.3. The first-order valence-electron chi connectivity index (χ1n) is 17.4. The number of anilines is 3. The van der Waals surface area contributed by atoms with Gasteiger partial charge in [0.1, 0.15) is 17.8 Å². The quantitative estimate of drug-likeness (QED) is 0.162. The average Bonchev–Trinajstić information content (AvgIpc) is 3.58. The van der Waals surface area contributed by atoms with E-state index in [0.29, 0.717) is 17.4 Å². The van der Waals surface area contributed by atoms with Crippen LogP contribution < -0.4 is 9.64 Å². The smallest absolute Gasteiger partial charge is 0.510 e. The van der Waals surface area contributed by atoms with Crippen molar-refractivity contribution in [3.63, 3.8) is 0 Å². The summed E-state index contributed by atoms with van der Waals surface area (Å²) in [6, 6.07) is 45.1. The van der Waals surface area contributed by atoms with Gasteiger partial charge in [0.15, 0.2) is 0 Å². The van der Waals surface area contributed by atoms with Crippen LogP contribution in [0.25, 0.3) is 11.1 Å². The first-order valence-corrected chi connectivity index (χ1v) is 17.4. The van der Waals surface area contributed by atoms with E-state index < -0.39 is 0 Å². The van der Waals surface area contributed by atoms with Gasteiger partial charge in [-0.2, -0.15) is 5.56 Å². The summed E-state index contributed by atoms with van der Waals surface area (Å²) in [5.74, 6) is 2.68. The average molecular weight is 847 g/mol. The predicted molar refractivity (Wildman–Crippen MR) is 199 cm³/mol. The Kier molecular flexibility index (Phi) is 8.43. The molecule has 51 heavy (non-hydrogen) atoms. The molecule has 3 aliphatic rings. The van der Waals surface area contributed by atoms with Gasteiger partial charge in [-0.15, -0.1) is 24.3 Å². The molecule has 0 bridgehead atoms. The Morgan fingerprint density at radius 1 is 0.804 bits per heavy atom. The van der Waals surface area contributed by atoms with Crippen LogP contribution in [0.4, 0.5) is 17.2 Å². The molecule has 1 aliphatic carbocycles. The minimum Gasteiger partial charge on any atom is -0.510 e. The molecule has 0 spiro atoms. The van der Waals surface area contributed by atoms with Gasteiger partial charge in [0.05, 0.1) is 6.04 Å². The SMILES string of the molecule is Cc1cc(Oc2[c-]c(C3=N[C@@H]4CCc5c(C)cccc5[C@@H]4O3)cc(-c3ccccc3)c2)[c-]c(N2c3ccccc3C(C)(C)c3cccnc32)c1.[Pt+2]. The number of aliphatic imine (C=N–C) groups is 1. The second-order valence-corrected chi connectivity index (χ2v) is 14.1. The van der Waals surface area contributed by atoms with Gasteiger partial charge in [-0.3, -0.25) is 4.99 Å². The summed E-state index contributed by atoms with van der Waals surface area (Å²) >= 11 is 0. The zero-order valence-electron chi connectivity index (χ0n) is 29.0. The number of hydrogen-bond donors (Lipinski definition) is 0. The van der Waals surface area contributed by atoms with E-state index in [1.165, 1.54) is 27.8 Å². The van der Waals surface area contributed by atoms with Gasteiger partial charge in [0, 0.05) is 34.4 Å². The van der Waals surface area contributed by atoms with Crippen molar-refractivity contribution in [2.75, 3.05) is 4.90 Å². The molecule has 0 saturated heterocycles. The fraction of sp³-hybridized carbons (Fsp3) is 0.200. The molecule has 6 aromatic rings. The molecule has 5 aromatic carbocycles. The number of aryl methyl sites for hydroxylation is 2. The maximum Gasteiger partial charge on any atom is 2.00 e. The molecule has 3 heterocycles. The van der Waals surface area contributed by atoms with Crippen molar-refractivity contribution in [1.29, 1.82) is 0 Å². The molecule has 0 radical (unpaired) electrons. The van der Waals surface area contributed by atoms with Crippen molar-refractivity contribution in [1.82, 2.24) is 4.98 Å². The molecule has 0 fully saturated rings. The van der Waals surface area contributed by atoms with Crippen LogP contribution in [0.1, 0.15) is 65.3 Å². The summed E-state index contributed by atoms with van der Waals surface area (Å²) in [6.07, 6.45) is 3.74. The Morgan fingerprint density at radius 3 is 2.45 bits per heavy atom. The molecular weight excluding hydrogens is 810 g/mol. The van der Waals surface area contributed by atoms with Crippen LogP contribution in [-0.4, -0.2) is 16.9 Å². The number of para-hydroxylation sites is 1. The molecule has 2 atom stereocenters. The molecule has 0 saturated carbocycles. The van der Waals surface area contributed by atoms with Crippen molar-refractivity contribution in [3.8, 4) is 22.6 Å². The number of aromatic nitrogens is 1. The van der Waals surface area contributed by atoms with Crippen LogP contribution in [0.2, 0.25) is 0 Å². The molecule has 6 heteroatoms. The third-order valence-electron chi connectivity index (χ3n) is 10.4. The third kappa shape index (κ3) is 5.78. The molecule has 9 rings (SSSR count). The molecule has 2 aliphatic heterocycles. The van der Waals surface area contributed by atoms with E-state index in [9.17, 15) is 0 Å². The molecule has 0 unspecified atom stereocenters. The zero-order valence-corrected chi connectivity index (χ0v) is 31.3. The molecule has 5 nitrogen and oxygen atoms in total. The van der Waals surface area contributed by atoms with Gasteiger partial charge in [0.2, 0.25) is 0 Å². The monoisotopic (exact) mass is 846 g/mol. The topological polar surface area (TPSA) is 47.0 Å². The third-order valence-corrected chi connectivity index (χ3v) is 10.4. The van der Waals surface area contributed by atoms with Gasteiger partial charge in [-0.25, -0.2) is 4.98 Å². The Labute approximate surface area is 314 Å². The second-order valence-electron chi connectivity index (χ2n) is 14.1. The molecule has 254 valence electrons. The van der Waals surface area contributed by atoms with Crippen molar-refractivity contribution in [3.05, 3.63) is 166 Å². The van der Waals surface area contributed by atoms with Crippen molar-refractivity contribution >= 4 is 23.1 Å². The first kappa shape index (κ1) is 33.2. The summed E-state index contributed by atoms with van der Waals surface area (Å²) < 4.78 is 13.4. The van der Waals surface area contributed by atoms with Crippen LogP contribution in [0.5, 0.6) is 11.5 Å². The Morgan fingerprint density at radius 2 is 1.59 bits per heavy atom. The van der Waals surface area contributed by atoms with Gasteiger partial charge in [-0.05, 0) is 59.7 Å². The van der Waals surface area contributed by atoms with Crippen LogP contribution >= 0.6 is 0 Å². The maximum atomic E-state index is 6.69. The van der Waals surface area contributed by atoms with E-state index in [4.69, 9.17) is 19.5 Å². The Hall–Kier alpha value is -4.99. The fourth-order valence-electron chi connectivity index (χ4n) is 7.92. The summed E-state index contributed by atoms with van der Waals surface area (Å²) in [7, 11) is 0. The molecule has 0 N–H and O–H groups in total. The number of hydrogen-bond acceptors (Lipinski definition) is 5. The van der Waals surface area contributed by atoms with Crippen molar-refractivity contribution < 1.29 is 30.5 Å². The standard InChI is InChI=1S/C45H37N3O2.Pt/c1-28-22-33(48-41-18-9-8-16-38(41)45(3,4)39-17-11-21-46-43(39)48)27-34(23-28)49-35-25-31(30-13-6-5-7-14-30)24-32(26-35)44-47-40-20-19-36-29(2)12-10-15-37(36)42(40)50-44;/h5-18,21-25,40,42H,19-20H2,1-4H3;/q-2;+2/t40-,42+;/m1./s1. The number of ether oxygens (including phenoxy) is 2. The Bertz CT molecular complexity index is 2270. The van der Waals surface area contributed by atoms with Gasteiger partial charge in [0.25, 0.3) is 0 Å². The zero-order chi connectivity index (χ0) is 34.0. The minimum absolute atomic E-state index is 0. The maximum absolute atomic E-state index is 6.69. The summed E-state index contributed by atoms with van der Waals surface area (Å²) in [5, 5.41) is 0. The summed E-state index contributed by atoms with van der Waals surface area (Å²) in [4.78, 5) is 12.2. The normalized spacial score (nSPS) is 17.9. The molecule has 0 amide bonds. The summed E-state index contributed by atoms with van der Waals surface area (Å²) in [6.45, 7) is 8.79. The number of pyridine rings is 1. The number of rotatable bonds is 5. The number of fused-ring (bicyclic) bond motifs is 5. The predicted octanol–water partition coefficient (Wildman–Crippen LogP) is 10.7. The van der Waals surface area contributed by atoms with Gasteiger partial charge < -0.3 is 14.4 Å². The fourth-order valence-corrected chi connectivity index (χ4v) is 7.92. The van der Waals surface area contributed by atoms with Crippen molar-refractivity contribution in [2.45, 2.75) is 58.1 Å². The van der Waals surface area contributed by atoms with Crippen LogP contribution in [0.3, 0.4) is 0 Å². The summed E-state index contributed by atoms with van der Waals surface area (Å²) in [5.41, 5.74) is 12.0. The van der Waals surface area contributed by atoms with E-state index in [1.807, 2.05) is 42.6 Å². The van der Waals surface area contributed by atoms with E-state index in [0.717, 1.165) is 52.3 Å². The minimum atomic E-state index is -0.202. The number of nitrogens with zero attached hydrogens (tertiary/aromatic N) is 3. The Balaban J connectivity index is 0.00000374.